The number of carbonyl (C=O) groups is 1. The van der Waals surface area contributed by atoms with E-state index in [9.17, 15) is 4.79 Å². The van der Waals surface area contributed by atoms with Crippen molar-refractivity contribution in [3.63, 3.8) is 0 Å². The average molecular weight is 515 g/mol. The molecule has 2 aromatic heterocycles. The molecule has 0 bridgehead atoms. The summed E-state index contributed by atoms with van der Waals surface area (Å²) in [6, 6.07) is 3.70. The zero-order chi connectivity index (χ0) is 17.5. The van der Waals surface area contributed by atoms with Crippen LogP contribution in [0.1, 0.15) is 55.8 Å². The van der Waals surface area contributed by atoms with E-state index in [4.69, 9.17) is 16.3 Å². The van der Waals surface area contributed by atoms with Gasteiger partial charge < -0.3 is 4.74 Å². The molecule has 24 heavy (non-hydrogen) atoms. The largest absolute Gasteiger partial charge is 0.462 e. The van der Waals surface area contributed by atoms with Crippen LogP contribution in [0.4, 0.5) is 0 Å². The van der Waals surface area contributed by atoms with Crippen LogP contribution in [0.15, 0.2) is 19.7 Å². The molecule has 2 heterocycles. The molecular formula is C17H19Br2ClO2S2. The van der Waals surface area contributed by atoms with Gasteiger partial charge in [-0.1, -0.05) is 50.6 Å². The van der Waals surface area contributed by atoms with E-state index in [2.05, 4.69) is 38.8 Å². The monoisotopic (exact) mass is 512 g/mol. The van der Waals surface area contributed by atoms with Crippen molar-refractivity contribution in [2.45, 2.75) is 45.4 Å². The summed E-state index contributed by atoms with van der Waals surface area (Å²) >= 11 is 16.0. The van der Waals surface area contributed by atoms with E-state index in [1.54, 1.807) is 0 Å². The van der Waals surface area contributed by atoms with Gasteiger partial charge in [0, 0.05) is 4.88 Å². The molecule has 2 aromatic rings. The Morgan fingerprint density at radius 3 is 2.50 bits per heavy atom. The van der Waals surface area contributed by atoms with Crippen LogP contribution < -0.4 is 0 Å². The molecule has 0 unspecified atom stereocenters. The van der Waals surface area contributed by atoms with Gasteiger partial charge in [0.25, 0.3) is 0 Å². The van der Waals surface area contributed by atoms with Crippen LogP contribution in [-0.4, -0.2) is 12.6 Å². The number of hydrogen-bond donors (Lipinski definition) is 0. The molecule has 2 rings (SSSR count). The van der Waals surface area contributed by atoms with Crippen molar-refractivity contribution in [1.29, 1.82) is 0 Å². The Hall–Kier alpha value is 0.120. The molecule has 0 aromatic carbocycles. The van der Waals surface area contributed by atoms with E-state index in [0.717, 1.165) is 30.2 Å². The highest BCUT2D eigenvalue weighted by molar-refractivity contribution is 9.11. The topological polar surface area (TPSA) is 26.3 Å². The first kappa shape index (κ1) is 20.4. The zero-order valence-corrected chi connectivity index (χ0v) is 18.9. The number of rotatable bonds is 9. The van der Waals surface area contributed by atoms with Gasteiger partial charge in [-0.15, -0.1) is 22.7 Å². The molecule has 0 fully saturated rings. The maximum absolute atomic E-state index is 12.4. The first-order valence-corrected chi connectivity index (χ1v) is 11.5. The predicted molar refractivity (Wildman–Crippen MR) is 112 cm³/mol. The first-order valence-electron chi connectivity index (χ1n) is 7.94. The Morgan fingerprint density at radius 2 is 1.83 bits per heavy atom. The molecule has 0 atom stereocenters. The molecule has 2 nitrogen and oxygen atoms in total. The number of unbranched alkanes of at least 4 members (excludes halogenated alkanes) is 5. The van der Waals surface area contributed by atoms with Crippen molar-refractivity contribution in [1.82, 2.24) is 0 Å². The lowest BCUT2D eigenvalue weighted by Gasteiger charge is -2.05. The van der Waals surface area contributed by atoms with Gasteiger partial charge in [0.1, 0.15) is 0 Å². The molecule has 0 saturated carbocycles. The third kappa shape index (κ3) is 5.84. The van der Waals surface area contributed by atoms with E-state index in [1.165, 1.54) is 48.4 Å². The minimum absolute atomic E-state index is 0.263. The minimum Gasteiger partial charge on any atom is -0.462 e. The van der Waals surface area contributed by atoms with Gasteiger partial charge in [0.05, 0.1) is 29.6 Å². The van der Waals surface area contributed by atoms with E-state index in [0.29, 0.717) is 17.2 Å². The van der Waals surface area contributed by atoms with Gasteiger partial charge in [-0.25, -0.2) is 4.79 Å². The third-order valence-electron chi connectivity index (χ3n) is 3.52. The van der Waals surface area contributed by atoms with Crippen molar-refractivity contribution >= 4 is 72.1 Å². The van der Waals surface area contributed by atoms with Gasteiger partial charge in [-0.3, -0.25) is 0 Å². The molecule has 0 amide bonds. The van der Waals surface area contributed by atoms with Crippen molar-refractivity contribution in [3.8, 4) is 9.75 Å². The number of carbonyl (C=O) groups excluding carboxylic acids is 1. The summed E-state index contributed by atoms with van der Waals surface area (Å²) in [7, 11) is 0. The van der Waals surface area contributed by atoms with Crippen LogP contribution in [0.2, 0.25) is 5.02 Å². The number of esters is 1. The summed E-state index contributed by atoms with van der Waals surface area (Å²) in [5.74, 6) is -0.263. The molecule has 7 heteroatoms. The smallest absolute Gasteiger partial charge is 0.339 e. The standard InChI is InChI=1S/C17H19Br2ClO2S2/c1-2-3-4-5-6-7-8-22-17(21)11-9-14(18)24-15(11)13-10-12(20)16(19)23-13/h9-10H,2-8H2,1H3. The molecular weight excluding hydrogens is 496 g/mol. The van der Waals surface area contributed by atoms with Crippen molar-refractivity contribution in [2.75, 3.05) is 6.61 Å². The fourth-order valence-corrected chi connectivity index (χ4v) is 5.68. The molecule has 0 aliphatic carbocycles. The van der Waals surface area contributed by atoms with Crippen LogP contribution in [0.25, 0.3) is 9.75 Å². The van der Waals surface area contributed by atoms with E-state index in [-0.39, 0.29) is 5.97 Å². The summed E-state index contributed by atoms with van der Waals surface area (Å²) in [6.45, 7) is 2.68. The molecule has 0 saturated heterocycles. The Labute approximate surface area is 172 Å². The summed E-state index contributed by atoms with van der Waals surface area (Å²) in [6.07, 6.45) is 7.04. The predicted octanol–water partition coefficient (Wildman–Crippen LogP) is 8.17. The highest BCUT2D eigenvalue weighted by Gasteiger charge is 2.20. The highest BCUT2D eigenvalue weighted by Crippen LogP contribution is 2.43. The normalized spacial score (nSPS) is 11.0. The Morgan fingerprint density at radius 1 is 1.12 bits per heavy atom. The maximum Gasteiger partial charge on any atom is 0.339 e. The lowest BCUT2D eigenvalue weighted by atomic mass is 10.1. The highest BCUT2D eigenvalue weighted by atomic mass is 79.9. The average Bonchev–Trinajstić information content (AvgIpc) is 3.09. The SMILES string of the molecule is CCCCCCCCOC(=O)c1cc(Br)sc1-c1cc(Cl)c(Br)s1. The molecule has 0 aliphatic rings. The number of halogens is 3. The Balaban J connectivity index is 1.93. The number of thiophene rings is 2. The summed E-state index contributed by atoms with van der Waals surface area (Å²) in [5.41, 5.74) is 0.600. The quantitative estimate of drug-likeness (QED) is 0.249. The molecule has 0 radical (unpaired) electrons. The van der Waals surface area contributed by atoms with E-state index < -0.39 is 0 Å². The Kier molecular flexibility index (Phi) is 8.78. The number of hydrogen-bond acceptors (Lipinski definition) is 4. The van der Waals surface area contributed by atoms with E-state index >= 15 is 0 Å². The van der Waals surface area contributed by atoms with Gasteiger partial charge in [0.2, 0.25) is 0 Å². The van der Waals surface area contributed by atoms with Crippen molar-refractivity contribution in [3.05, 3.63) is 30.3 Å². The van der Waals surface area contributed by atoms with E-state index in [1.807, 2.05) is 12.1 Å². The minimum atomic E-state index is -0.263. The van der Waals surface area contributed by atoms with Crippen LogP contribution >= 0.6 is 66.1 Å². The third-order valence-corrected chi connectivity index (χ3v) is 7.81. The molecule has 0 spiro atoms. The molecule has 0 N–H and O–H groups in total. The van der Waals surface area contributed by atoms with Gasteiger partial charge in [-0.2, -0.15) is 0 Å². The first-order chi connectivity index (χ1) is 11.5. The second-order valence-corrected chi connectivity index (χ2v) is 10.6. The lowest BCUT2D eigenvalue weighted by molar-refractivity contribution is 0.0499. The van der Waals surface area contributed by atoms with Crippen LogP contribution in [0.5, 0.6) is 0 Å². The fourth-order valence-electron chi connectivity index (χ4n) is 2.28. The summed E-state index contributed by atoms with van der Waals surface area (Å²) in [4.78, 5) is 14.3. The second-order valence-electron chi connectivity index (χ2n) is 5.43. The van der Waals surface area contributed by atoms with Crippen LogP contribution in [0.3, 0.4) is 0 Å². The van der Waals surface area contributed by atoms with Crippen LogP contribution in [-0.2, 0) is 4.74 Å². The van der Waals surface area contributed by atoms with Gasteiger partial charge in [-0.05, 0) is 50.4 Å². The molecule has 0 aliphatic heterocycles. The van der Waals surface area contributed by atoms with Crippen molar-refractivity contribution < 1.29 is 9.53 Å². The Bertz CT molecular complexity index is 663. The van der Waals surface area contributed by atoms with Gasteiger partial charge >= 0.3 is 5.97 Å². The summed E-state index contributed by atoms with van der Waals surface area (Å²) < 4.78 is 7.23. The van der Waals surface area contributed by atoms with Crippen LogP contribution in [0, 0.1) is 0 Å². The van der Waals surface area contributed by atoms with Crippen molar-refractivity contribution in [2.24, 2.45) is 0 Å². The lowest BCUT2D eigenvalue weighted by Crippen LogP contribution is -2.06. The van der Waals surface area contributed by atoms with Gasteiger partial charge in [0.15, 0.2) is 0 Å². The zero-order valence-electron chi connectivity index (χ0n) is 13.4. The number of ether oxygens (including phenoxy) is 1. The maximum atomic E-state index is 12.4. The summed E-state index contributed by atoms with van der Waals surface area (Å²) in [5, 5.41) is 0.658. The molecule has 132 valence electrons. The fraction of sp³-hybridized carbons (Fsp3) is 0.471. The second kappa shape index (κ2) is 10.3.